The zero-order valence-corrected chi connectivity index (χ0v) is 15.2. The van der Waals surface area contributed by atoms with Crippen LogP contribution >= 0.6 is 0 Å². The van der Waals surface area contributed by atoms with Gasteiger partial charge in [0.1, 0.15) is 0 Å². The number of ketones is 1. The van der Waals surface area contributed by atoms with Crippen LogP contribution in [0.4, 0.5) is 17.1 Å². The molecule has 0 saturated carbocycles. The minimum Gasteiger partial charge on any atom is -0.356 e. The minimum absolute atomic E-state index is 0.0208. The molecule has 0 spiro atoms. The normalized spacial score (nSPS) is 10.3. The van der Waals surface area contributed by atoms with E-state index in [2.05, 4.69) is 10.6 Å². The predicted molar refractivity (Wildman–Crippen MR) is 110 cm³/mol. The van der Waals surface area contributed by atoms with Gasteiger partial charge in [0, 0.05) is 35.5 Å². The van der Waals surface area contributed by atoms with E-state index < -0.39 is 0 Å². The molecule has 3 rings (SSSR count). The first kappa shape index (κ1) is 18.4. The van der Waals surface area contributed by atoms with Gasteiger partial charge in [-0.2, -0.15) is 0 Å². The Bertz CT molecular complexity index is 901. The summed E-state index contributed by atoms with van der Waals surface area (Å²) in [7, 11) is 0. The molecule has 0 saturated heterocycles. The van der Waals surface area contributed by atoms with Gasteiger partial charge in [0.25, 0.3) is 0 Å². The number of amides is 1. The Morgan fingerprint density at radius 2 is 1.30 bits per heavy atom. The molecule has 0 aliphatic heterocycles. The van der Waals surface area contributed by atoms with E-state index in [0.29, 0.717) is 11.3 Å². The van der Waals surface area contributed by atoms with E-state index in [-0.39, 0.29) is 24.5 Å². The number of nitrogens with one attached hydrogen (secondary N) is 2. The number of hydrogen-bond donors (Lipinski definition) is 2. The van der Waals surface area contributed by atoms with Crippen LogP contribution < -0.4 is 10.6 Å². The summed E-state index contributed by atoms with van der Waals surface area (Å²) in [5, 5.41) is 6.12. The number of benzene rings is 3. The van der Waals surface area contributed by atoms with Gasteiger partial charge in [0.2, 0.25) is 5.91 Å². The summed E-state index contributed by atoms with van der Waals surface area (Å²) in [6, 6.07) is 24.8. The van der Waals surface area contributed by atoms with E-state index in [0.717, 1.165) is 16.9 Å². The predicted octanol–water partition coefficient (Wildman–Crippen LogP) is 5.34. The van der Waals surface area contributed by atoms with Crippen molar-refractivity contribution in [2.45, 2.75) is 19.8 Å². The second-order valence-electron chi connectivity index (χ2n) is 6.41. The molecule has 1 amide bonds. The highest BCUT2D eigenvalue weighted by atomic mass is 16.2. The topological polar surface area (TPSA) is 58.2 Å². The summed E-state index contributed by atoms with van der Waals surface area (Å²) >= 11 is 0. The van der Waals surface area contributed by atoms with Crippen LogP contribution in [0.15, 0.2) is 78.9 Å². The van der Waals surface area contributed by atoms with Crippen LogP contribution in [0, 0.1) is 6.92 Å². The number of Topliss-reactive ketones (excluding diaryl/α,β-unsaturated/α-hetero) is 1. The summed E-state index contributed by atoms with van der Waals surface area (Å²) in [5.41, 5.74) is 4.40. The average molecular weight is 358 g/mol. The molecule has 0 atom stereocenters. The van der Waals surface area contributed by atoms with E-state index >= 15 is 0 Å². The lowest BCUT2D eigenvalue weighted by Crippen LogP contribution is -2.13. The number of rotatable bonds is 7. The third-order valence-corrected chi connectivity index (χ3v) is 4.18. The molecule has 0 unspecified atom stereocenters. The molecule has 0 heterocycles. The second-order valence-corrected chi connectivity index (χ2v) is 6.41. The van der Waals surface area contributed by atoms with Crippen LogP contribution in [-0.2, 0) is 4.79 Å². The maximum absolute atomic E-state index is 12.1. The van der Waals surface area contributed by atoms with Gasteiger partial charge in [0.05, 0.1) is 0 Å². The van der Waals surface area contributed by atoms with E-state index in [1.807, 2.05) is 73.7 Å². The summed E-state index contributed by atoms with van der Waals surface area (Å²) in [6.45, 7) is 1.97. The highest BCUT2D eigenvalue weighted by molar-refractivity contribution is 6.00. The van der Waals surface area contributed by atoms with Crippen LogP contribution in [-0.4, -0.2) is 11.7 Å². The van der Waals surface area contributed by atoms with Gasteiger partial charge in [-0.15, -0.1) is 0 Å². The molecular formula is C23H22N2O2. The van der Waals surface area contributed by atoms with Gasteiger partial charge in [-0.1, -0.05) is 48.0 Å². The molecule has 0 aromatic heterocycles. The lowest BCUT2D eigenvalue weighted by molar-refractivity contribution is -0.116. The van der Waals surface area contributed by atoms with Crippen molar-refractivity contribution in [2.75, 3.05) is 10.6 Å². The number of aryl methyl sites for hydroxylation is 1. The maximum Gasteiger partial charge on any atom is 0.224 e. The Balaban J connectivity index is 1.49. The maximum atomic E-state index is 12.1. The molecule has 0 fully saturated rings. The minimum atomic E-state index is -0.167. The molecule has 0 aliphatic rings. The van der Waals surface area contributed by atoms with E-state index in [1.165, 1.54) is 0 Å². The number of carbonyl (C=O) groups excluding carboxylic acids is 2. The molecule has 2 N–H and O–H groups in total. The van der Waals surface area contributed by atoms with Crippen molar-refractivity contribution >= 4 is 28.8 Å². The van der Waals surface area contributed by atoms with E-state index in [9.17, 15) is 9.59 Å². The molecule has 4 heteroatoms. The summed E-state index contributed by atoms with van der Waals surface area (Å²) in [4.78, 5) is 24.2. The van der Waals surface area contributed by atoms with Gasteiger partial charge in [-0.3, -0.25) is 9.59 Å². The number of anilines is 3. The number of carbonyl (C=O) groups is 2. The first-order valence-electron chi connectivity index (χ1n) is 8.92. The van der Waals surface area contributed by atoms with Crippen molar-refractivity contribution in [3.05, 3.63) is 90.0 Å². The molecule has 136 valence electrons. The van der Waals surface area contributed by atoms with Gasteiger partial charge in [-0.25, -0.2) is 0 Å². The van der Waals surface area contributed by atoms with Gasteiger partial charge < -0.3 is 10.6 Å². The van der Waals surface area contributed by atoms with E-state index in [1.54, 1.807) is 12.1 Å². The van der Waals surface area contributed by atoms with Crippen LogP contribution in [0.3, 0.4) is 0 Å². The van der Waals surface area contributed by atoms with Crippen molar-refractivity contribution < 1.29 is 9.59 Å². The van der Waals surface area contributed by atoms with Gasteiger partial charge >= 0.3 is 0 Å². The number of para-hydroxylation sites is 1. The Kier molecular flexibility index (Phi) is 6.00. The SMILES string of the molecule is Cc1ccc(C(=O)CCC(=O)Nc2ccc(Nc3ccccc3)cc2)cc1. The lowest BCUT2D eigenvalue weighted by Gasteiger charge is -2.09. The van der Waals surface area contributed by atoms with Crippen LogP contribution in [0.25, 0.3) is 0 Å². The van der Waals surface area contributed by atoms with Gasteiger partial charge in [0.15, 0.2) is 5.78 Å². The molecule has 0 bridgehead atoms. The zero-order valence-electron chi connectivity index (χ0n) is 15.2. The van der Waals surface area contributed by atoms with E-state index in [4.69, 9.17) is 0 Å². The van der Waals surface area contributed by atoms with Crippen LogP contribution in [0.1, 0.15) is 28.8 Å². The number of hydrogen-bond acceptors (Lipinski definition) is 3. The molecule has 27 heavy (non-hydrogen) atoms. The monoisotopic (exact) mass is 358 g/mol. The standard InChI is InChI=1S/C23H22N2O2/c1-17-7-9-18(10-8-17)22(26)15-16-23(27)25-21-13-11-20(12-14-21)24-19-5-3-2-4-6-19/h2-14,24H,15-16H2,1H3,(H,25,27). The first-order valence-corrected chi connectivity index (χ1v) is 8.92. The average Bonchev–Trinajstić information content (AvgIpc) is 2.69. The quantitative estimate of drug-likeness (QED) is 0.561. The first-order chi connectivity index (χ1) is 13.1. The Morgan fingerprint density at radius 3 is 1.96 bits per heavy atom. The van der Waals surface area contributed by atoms with Crippen molar-refractivity contribution in [3.8, 4) is 0 Å². The fourth-order valence-electron chi connectivity index (χ4n) is 2.66. The molecule has 0 aliphatic carbocycles. The summed E-state index contributed by atoms with van der Waals surface area (Å²) in [5.74, 6) is -0.188. The summed E-state index contributed by atoms with van der Waals surface area (Å²) < 4.78 is 0. The molecule has 0 radical (unpaired) electrons. The third kappa shape index (κ3) is 5.54. The van der Waals surface area contributed by atoms with Crippen LogP contribution in [0.2, 0.25) is 0 Å². The van der Waals surface area contributed by atoms with Crippen LogP contribution in [0.5, 0.6) is 0 Å². The zero-order chi connectivity index (χ0) is 19.1. The largest absolute Gasteiger partial charge is 0.356 e. The highest BCUT2D eigenvalue weighted by Crippen LogP contribution is 2.19. The Hall–Kier alpha value is -3.40. The second kappa shape index (κ2) is 8.81. The van der Waals surface area contributed by atoms with Crippen molar-refractivity contribution in [2.24, 2.45) is 0 Å². The summed E-state index contributed by atoms with van der Waals surface area (Å²) in [6.07, 6.45) is 0.360. The third-order valence-electron chi connectivity index (χ3n) is 4.18. The van der Waals surface area contributed by atoms with Crippen molar-refractivity contribution in [1.82, 2.24) is 0 Å². The lowest BCUT2D eigenvalue weighted by atomic mass is 10.0. The fourth-order valence-corrected chi connectivity index (χ4v) is 2.66. The highest BCUT2D eigenvalue weighted by Gasteiger charge is 2.09. The molecule has 3 aromatic rings. The van der Waals surface area contributed by atoms with Crippen molar-refractivity contribution in [1.29, 1.82) is 0 Å². The Morgan fingerprint density at radius 1 is 0.704 bits per heavy atom. The smallest absolute Gasteiger partial charge is 0.224 e. The molecule has 4 nitrogen and oxygen atoms in total. The fraction of sp³-hybridized carbons (Fsp3) is 0.130. The Labute approximate surface area is 159 Å². The van der Waals surface area contributed by atoms with Crippen molar-refractivity contribution in [3.63, 3.8) is 0 Å². The molecular weight excluding hydrogens is 336 g/mol. The molecule has 3 aromatic carbocycles. The van der Waals surface area contributed by atoms with Gasteiger partial charge in [-0.05, 0) is 43.3 Å².